The minimum Gasteiger partial charge on any atom is -0.454 e. The van der Waals surface area contributed by atoms with E-state index in [-0.39, 0.29) is 0 Å². The Morgan fingerprint density at radius 3 is 2.33 bits per heavy atom. The second kappa shape index (κ2) is 6.81. The lowest BCUT2D eigenvalue weighted by molar-refractivity contribution is 0.566. The van der Waals surface area contributed by atoms with Gasteiger partial charge in [-0.3, -0.25) is 0 Å². The van der Waals surface area contributed by atoms with Gasteiger partial charge in [-0.05, 0) is 50.6 Å². The average Bonchev–Trinajstić information content (AvgIpc) is 3.17. The van der Waals surface area contributed by atoms with Gasteiger partial charge >= 0.3 is 0 Å². The van der Waals surface area contributed by atoms with E-state index in [1.807, 2.05) is 19.1 Å². The van der Waals surface area contributed by atoms with Gasteiger partial charge in [-0.15, -0.1) is 0 Å². The molecule has 0 saturated heterocycles. The number of furan rings is 1. The van der Waals surface area contributed by atoms with Gasteiger partial charge < -0.3 is 8.98 Å². The van der Waals surface area contributed by atoms with Crippen LogP contribution < -0.4 is 0 Å². The smallest absolute Gasteiger partial charge is 0.155 e. The zero-order valence-corrected chi connectivity index (χ0v) is 16.0. The summed E-state index contributed by atoms with van der Waals surface area (Å²) in [5, 5.41) is 1.24. The molecule has 27 heavy (non-hydrogen) atoms. The Bertz CT molecular complexity index is 1160. The van der Waals surface area contributed by atoms with Crippen LogP contribution in [0.2, 0.25) is 0 Å². The summed E-state index contributed by atoms with van der Waals surface area (Å²) >= 11 is 0. The molecule has 0 aliphatic heterocycles. The van der Waals surface area contributed by atoms with Crippen molar-refractivity contribution < 1.29 is 4.42 Å². The van der Waals surface area contributed by atoms with E-state index in [4.69, 9.17) is 4.42 Å². The first-order chi connectivity index (χ1) is 13.2. The van der Waals surface area contributed by atoms with E-state index in [1.165, 1.54) is 16.5 Å². The summed E-state index contributed by atoms with van der Waals surface area (Å²) in [7, 11) is 0. The van der Waals surface area contributed by atoms with Gasteiger partial charge in [-0.2, -0.15) is 0 Å². The number of aryl methyl sites for hydroxylation is 1. The van der Waals surface area contributed by atoms with Crippen molar-refractivity contribution >= 4 is 23.1 Å². The molecule has 0 amide bonds. The van der Waals surface area contributed by atoms with Crippen LogP contribution in [0.1, 0.15) is 29.4 Å². The Morgan fingerprint density at radius 1 is 0.926 bits per heavy atom. The zero-order valence-electron chi connectivity index (χ0n) is 16.0. The Hall–Kier alpha value is -3.26. The van der Waals surface area contributed by atoms with Gasteiger partial charge in [0, 0.05) is 22.2 Å². The first kappa shape index (κ1) is 17.2. The van der Waals surface area contributed by atoms with Crippen LogP contribution in [0.5, 0.6) is 0 Å². The fraction of sp³-hybridized carbons (Fsp3) is 0.120. The highest BCUT2D eigenvalue weighted by molar-refractivity contribution is 5.93. The first-order valence-corrected chi connectivity index (χ1v) is 9.21. The van der Waals surface area contributed by atoms with Crippen molar-refractivity contribution in [3.05, 3.63) is 89.7 Å². The van der Waals surface area contributed by atoms with E-state index in [1.54, 1.807) is 6.08 Å². The predicted molar refractivity (Wildman–Crippen MR) is 115 cm³/mol. The molecule has 0 aliphatic rings. The molecule has 2 heterocycles. The molecule has 4 aromatic rings. The standard InChI is InChI=1S/C25H23NO/c1-5-12-21-18(4)25(27-23(21)6-2)24-17(3)20-15-10-11-16-22(20)26(24)19-13-8-7-9-14-19/h5-16H,2H2,1,3-4H3/b12-5-. The fourth-order valence-corrected chi connectivity index (χ4v) is 3.82. The number of aromatic nitrogens is 1. The van der Waals surface area contributed by atoms with Gasteiger partial charge in [0.1, 0.15) is 5.76 Å². The van der Waals surface area contributed by atoms with Crippen LogP contribution in [0.15, 0.2) is 71.7 Å². The monoisotopic (exact) mass is 353 g/mol. The lowest BCUT2D eigenvalue weighted by Crippen LogP contribution is -1.97. The first-order valence-electron chi connectivity index (χ1n) is 9.21. The maximum atomic E-state index is 6.32. The fourth-order valence-electron chi connectivity index (χ4n) is 3.82. The molecule has 0 atom stereocenters. The van der Waals surface area contributed by atoms with E-state index in [2.05, 4.69) is 79.6 Å². The summed E-state index contributed by atoms with van der Waals surface area (Å²) < 4.78 is 8.61. The van der Waals surface area contributed by atoms with Crippen molar-refractivity contribution in [2.24, 2.45) is 0 Å². The molecule has 0 spiro atoms. The molecule has 134 valence electrons. The minimum atomic E-state index is 0.810. The number of nitrogens with zero attached hydrogens (tertiary/aromatic N) is 1. The molecular weight excluding hydrogens is 330 g/mol. The van der Waals surface area contributed by atoms with Crippen LogP contribution in [0.4, 0.5) is 0 Å². The number of allylic oxidation sites excluding steroid dienone is 1. The SMILES string of the molecule is C=Cc1oc(-c2c(C)c3ccccc3n2-c2ccccc2)c(C)c1/C=C\C. The minimum absolute atomic E-state index is 0.810. The molecule has 2 heteroatoms. The Balaban J connectivity index is 2.12. The highest BCUT2D eigenvalue weighted by Gasteiger charge is 2.23. The van der Waals surface area contributed by atoms with Crippen LogP contribution in [0.25, 0.3) is 40.2 Å². The molecule has 2 aromatic carbocycles. The van der Waals surface area contributed by atoms with Gasteiger partial charge in [-0.1, -0.05) is 55.1 Å². The summed E-state index contributed by atoms with van der Waals surface area (Å²) in [6.45, 7) is 10.2. The van der Waals surface area contributed by atoms with Gasteiger partial charge in [0.05, 0.1) is 11.2 Å². The number of fused-ring (bicyclic) bond motifs is 1. The molecule has 0 aliphatic carbocycles. The van der Waals surface area contributed by atoms with Gasteiger partial charge in [-0.25, -0.2) is 0 Å². The molecule has 0 unspecified atom stereocenters. The van der Waals surface area contributed by atoms with E-state index < -0.39 is 0 Å². The van der Waals surface area contributed by atoms with E-state index in [0.29, 0.717) is 0 Å². The third-order valence-corrected chi connectivity index (χ3v) is 5.10. The molecule has 2 nitrogen and oxygen atoms in total. The topological polar surface area (TPSA) is 18.1 Å². The molecule has 2 aromatic heterocycles. The molecular formula is C25H23NO. The van der Waals surface area contributed by atoms with Crippen molar-refractivity contribution in [3.63, 3.8) is 0 Å². The zero-order chi connectivity index (χ0) is 19.0. The molecule has 0 radical (unpaired) electrons. The lowest BCUT2D eigenvalue weighted by atomic mass is 10.1. The van der Waals surface area contributed by atoms with Crippen molar-refractivity contribution in [3.8, 4) is 17.1 Å². The van der Waals surface area contributed by atoms with E-state index >= 15 is 0 Å². The molecule has 0 N–H and O–H groups in total. The highest BCUT2D eigenvalue weighted by atomic mass is 16.3. The van der Waals surface area contributed by atoms with E-state index in [0.717, 1.165) is 34.0 Å². The van der Waals surface area contributed by atoms with Gasteiger partial charge in [0.15, 0.2) is 5.76 Å². The average molecular weight is 353 g/mol. The Labute approximate surface area is 160 Å². The number of benzene rings is 2. The quantitative estimate of drug-likeness (QED) is 0.380. The second-order valence-electron chi connectivity index (χ2n) is 6.70. The number of hydrogen-bond donors (Lipinski definition) is 0. The predicted octanol–water partition coefficient (Wildman–Crippen LogP) is 7.18. The summed E-state index contributed by atoms with van der Waals surface area (Å²) in [5.41, 5.74) is 6.84. The van der Waals surface area contributed by atoms with Crippen LogP contribution in [0, 0.1) is 13.8 Å². The lowest BCUT2D eigenvalue weighted by Gasteiger charge is -2.11. The third kappa shape index (κ3) is 2.65. The van der Waals surface area contributed by atoms with Gasteiger partial charge in [0.2, 0.25) is 0 Å². The van der Waals surface area contributed by atoms with Gasteiger partial charge in [0.25, 0.3) is 0 Å². The van der Waals surface area contributed by atoms with Crippen molar-refractivity contribution in [2.45, 2.75) is 20.8 Å². The normalized spacial score (nSPS) is 11.5. The Morgan fingerprint density at radius 2 is 1.63 bits per heavy atom. The largest absolute Gasteiger partial charge is 0.454 e. The number of rotatable bonds is 4. The summed E-state index contributed by atoms with van der Waals surface area (Å²) in [4.78, 5) is 0. The number of para-hydroxylation sites is 2. The molecule has 4 rings (SSSR count). The highest BCUT2D eigenvalue weighted by Crippen LogP contribution is 2.40. The maximum absolute atomic E-state index is 6.32. The molecule has 0 saturated carbocycles. The summed E-state index contributed by atoms with van der Waals surface area (Å²) in [6.07, 6.45) is 5.91. The van der Waals surface area contributed by atoms with Crippen molar-refractivity contribution in [1.82, 2.24) is 4.57 Å². The van der Waals surface area contributed by atoms with Crippen LogP contribution in [0.3, 0.4) is 0 Å². The van der Waals surface area contributed by atoms with Crippen molar-refractivity contribution in [1.29, 1.82) is 0 Å². The Kier molecular flexibility index (Phi) is 4.33. The molecule has 0 bridgehead atoms. The number of hydrogen-bond acceptors (Lipinski definition) is 1. The summed E-state index contributed by atoms with van der Waals surface area (Å²) in [5.74, 6) is 1.71. The maximum Gasteiger partial charge on any atom is 0.155 e. The van der Waals surface area contributed by atoms with Crippen LogP contribution in [-0.4, -0.2) is 4.57 Å². The summed E-state index contributed by atoms with van der Waals surface area (Å²) in [6, 6.07) is 19.0. The molecule has 0 fully saturated rings. The van der Waals surface area contributed by atoms with Crippen molar-refractivity contribution in [2.75, 3.05) is 0 Å². The van der Waals surface area contributed by atoms with Crippen LogP contribution in [-0.2, 0) is 0 Å². The van der Waals surface area contributed by atoms with Crippen LogP contribution >= 0.6 is 0 Å². The second-order valence-corrected chi connectivity index (χ2v) is 6.70. The third-order valence-electron chi connectivity index (χ3n) is 5.10. The van der Waals surface area contributed by atoms with E-state index in [9.17, 15) is 0 Å².